The molecule has 2 amide bonds. The normalized spacial score (nSPS) is 15.7. The van der Waals surface area contributed by atoms with E-state index in [4.69, 9.17) is 5.73 Å². The van der Waals surface area contributed by atoms with Gasteiger partial charge in [-0.15, -0.1) is 0 Å². The SMILES string of the molecule is CN(C)[C@@H]1CCN(C(=O)c2ccc(-c3cnc(N)c(C(=O)Nc4ccccc4)n3)cc2)C1. The van der Waals surface area contributed by atoms with Gasteiger partial charge in [-0.3, -0.25) is 9.59 Å². The summed E-state index contributed by atoms with van der Waals surface area (Å²) in [6, 6.07) is 16.7. The van der Waals surface area contributed by atoms with Crippen molar-refractivity contribution >= 4 is 23.3 Å². The Hall–Kier alpha value is -3.78. The van der Waals surface area contributed by atoms with Crippen LogP contribution in [0.2, 0.25) is 0 Å². The minimum absolute atomic E-state index is 0.0206. The van der Waals surface area contributed by atoms with Crippen molar-refractivity contribution in [3.05, 3.63) is 72.1 Å². The van der Waals surface area contributed by atoms with Gasteiger partial charge in [-0.05, 0) is 44.8 Å². The second-order valence-electron chi connectivity index (χ2n) is 8.04. The molecule has 0 aliphatic carbocycles. The number of benzene rings is 2. The Labute approximate surface area is 187 Å². The van der Waals surface area contributed by atoms with E-state index >= 15 is 0 Å². The van der Waals surface area contributed by atoms with Crippen LogP contribution in [0.3, 0.4) is 0 Å². The third kappa shape index (κ3) is 4.60. The van der Waals surface area contributed by atoms with E-state index in [2.05, 4.69) is 20.2 Å². The Morgan fingerprint density at radius 1 is 1.09 bits per heavy atom. The number of hydrogen-bond acceptors (Lipinski definition) is 6. The number of hydrogen-bond donors (Lipinski definition) is 2. The molecule has 3 N–H and O–H groups in total. The van der Waals surface area contributed by atoms with Gasteiger partial charge < -0.3 is 20.9 Å². The Kier molecular flexibility index (Phi) is 6.13. The lowest BCUT2D eigenvalue weighted by atomic mass is 10.1. The highest BCUT2D eigenvalue weighted by Gasteiger charge is 2.28. The average molecular weight is 431 g/mol. The van der Waals surface area contributed by atoms with Crippen LogP contribution < -0.4 is 11.1 Å². The van der Waals surface area contributed by atoms with E-state index in [1.165, 1.54) is 6.20 Å². The lowest BCUT2D eigenvalue weighted by molar-refractivity contribution is 0.0783. The topological polar surface area (TPSA) is 104 Å². The Balaban J connectivity index is 1.50. The molecule has 1 aromatic heterocycles. The quantitative estimate of drug-likeness (QED) is 0.645. The molecule has 0 unspecified atom stereocenters. The number of nitrogen functional groups attached to an aromatic ring is 1. The maximum absolute atomic E-state index is 12.8. The molecule has 1 aliphatic heterocycles. The minimum Gasteiger partial charge on any atom is -0.382 e. The van der Waals surface area contributed by atoms with Gasteiger partial charge in [0.1, 0.15) is 0 Å². The predicted molar refractivity (Wildman–Crippen MR) is 124 cm³/mol. The van der Waals surface area contributed by atoms with Crippen molar-refractivity contribution in [1.29, 1.82) is 0 Å². The molecule has 2 aromatic carbocycles. The molecule has 164 valence electrons. The Bertz CT molecular complexity index is 1120. The summed E-state index contributed by atoms with van der Waals surface area (Å²) in [5.41, 5.74) is 8.47. The summed E-state index contributed by atoms with van der Waals surface area (Å²) in [6.45, 7) is 1.49. The number of para-hydroxylation sites is 1. The average Bonchev–Trinajstić information content (AvgIpc) is 3.30. The summed E-state index contributed by atoms with van der Waals surface area (Å²) in [5, 5.41) is 2.77. The van der Waals surface area contributed by atoms with E-state index in [0.29, 0.717) is 23.0 Å². The number of carbonyl (C=O) groups is 2. The zero-order valence-corrected chi connectivity index (χ0v) is 18.2. The van der Waals surface area contributed by atoms with Crippen LogP contribution in [0.25, 0.3) is 11.3 Å². The Morgan fingerprint density at radius 3 is 2.47 bits per heavy atom. The van der Waals surface area contributed by atoms with Gasteiger partial charge in [0.05, 0.1) is 11.9 Å². The fraction of sp³-hybridized carbons (Fsp3) is 0.250. The summed E-state index contributed by atoms with van der Waals surface area (Å²) in [4.78, 5) is 38.1. The number of aromatic nitrogens is 2. The van der Waals surface area contributed by atoms with Crippen molar-refractivity contribution in [2.75, 3.05) is 38.2 Å². The maximum Gasteiger partial charge on any atom is 0.278 e. The lowest BCUT2D eigenvalue weighted by Crippen LogP contribution is -2.34. The largest absolute Gasteiger partial charge is 0.382 e. The van der Waals surface area contributed by atoms with Crippen molar-refractivity contribution in [2.45, 2.75) is 12.5 Å². The van der Waals surface area contributed by atoms with Crippen LogP contribution in [0.1, 0.15) is 27.3 Å². The summed E-state index contributed by atoms with van der Waals surface area (Å²) in [5.74, 6) is -0.356. The fourth-order valence-corrected chi connectivity index (χ4v) is 3.73. The third-order valence-electron chi connectivity index (χ3n) is 5.66. The molecule has 2 heterocycles. The van der Waals surface area contributed by atoms with Gasteiger partial charge in [0.2, 0.25) is 0 Å². The molecule has 1 saturated heterocycles. The molecule has 32 heavy (non-hydrogen) atoms. The number of amides is 2. The van der Waals surface area contributed by atoms with Gasteiger partial charge >= 0.3 is 0 Å². The molecular formula is C24H26N6O2. The highest BCUT2D eigenvalue weighted by Crippen LogP contribution is 2.22. The van der Waals surface area contributed by atoms with E-state index < -0.39 is 5.91 Å². The zero-order valence-electron chi connectivity index (χ0n) is 18.2. The van der Waals surface area contributed by atoms with Crippen molar-refractivity contribution in [2.24, 2.45) is 0 Å². The van der Waals surface area contributed by atoms with Crippen molar-refractivity contribution in [3.63, 3.8) is 0 Å². The molecule has 0 saturated carbocycles. The number of nitrogens with zero attached hydrogens (tertiary/aromatic N) is 4. The van der Waals surface area contributed by atoms with Gasteiger partial charge in [-0.2, -0.15) is 0 Å². The van der Waals surface area contributed by atoms with Gasteiger partial charge in [0.15, 0.2) is 11.5 Å². The fourth-order valence-electron chi connectivity index (χ4n) is 3.73. The van der Waals surface area contributed by atoms with E-state index in [9.17, 15) is 9.59 Å². The summed E-state index contributed by atoms with van der Waals surface area (Å²) in [7, 11) is 4.07. The predicted octanol–water partition coefficient (Wildman–Crippen LogP) is 2.75. The van der Waals surface area contributed by atoms with Crippen LogP contribution in [0.5, 0.6) is 0 Å². The number of likely N-dealkylation sites (N-methyl/N-ethyl adjacent to an activating group) is 1. The monoisotopic (exact) mass is 430 g/mol. The van der Waals surface area contributed by atoms with E-state index in [1.807, 2.05) is 49.3 Å². The molecule has 8 nitrogen and oxygen atoms in total. The summed E-state index contributed by atoms with van der Waals surface area (Å²) in [6.07, 6.45) is 2.50. The highest BCUT2D eigenvalue weighted by atomic mass is 16.2. The Morgan fingerprint density at radius 2 is 1.81 bits per heavy atom. The molecule has 1 fully saturated rings. The molecule has 0 bridgehead atoms. The number of nitrogens with one attached hydrogen (secondary N) is 1. The van der Waals surface area contributed by atoms with E-state index in [1.54, 1.807) is 24.3 Å². The minimum atomic E-state index is -0.431. The first kappa shape index (κ1) is 21.5. The van der Waals surface area contributed by atoms with Gasteiger partial charge in [0, 0.05) is 35.9 Å². The second kappa shape index (κ2) is 9.15. The number of anilines is 2. The number of nitrogens with two attached hydrogens (primary N) is 1. The first-order valence-corrected chi connectivity index (χ1v) is 10.5. The molecule has 4 rings (SSSR count). The smallest absolute Gasteiger partial charge is 0.278 e. The first-order valence-electron chi connectivity index (χ1n) is 10.5. The number of likely N-dealkylation sites (tertiary alicyclic amines) is 1. The highest BCUT2D eigenvalue weighted by molar-refractivity contribution is 6.06. The van der Waals surface area contributed by atoms with Crippen molar-refractivity contribution in [1.82, 2.24) is 19.8 Å². The van der Waals surface area contributed by atoms with Crippen LogP contribution in [0.15, 0.2) is 60.8 Å². The first-order chi connectivity index (χ1) is 15.4. The van der Waals surface area contributed by atoms with Crippen LogP contribution in [0.4, 0.5) is 11.5 Å². The molecule has 0 spiro atoms. The molecular weight excluding hydrogens is 404 g/mol. The second-order valence-corrected chi connectivity index (χ2v) is 8.04. The molecule has 1 aliphatic rings. The summed E-state index contributed by atoms with van der Waals surface area (Å²) >= 11 is 0. The summed E-state index contributed by atoms with van der Waals surface area (Å²) < 4.78 is 0. The van der Waals surface area contributed by atoms with Crippen LogP contribution in [-0.4, -0.2) is 64.8 Å². The zero-order chi connectivity index (χ0) is 22.7. The molecule has 1 atom stereocenters. The van der Waals surface area contributed by atoms with Crippen LogP contribution >= 0.6 is 0 Å². The molecule has 3 aromatic rings. The van der Waals surface area contributed by atoms with Crippen molar-refractivity contribution in [3.8, 4) is 11.3 Å². The standard InChI is InChI=1S/C24H26N6O2/c1-29(2)19-12-13-30(15-19)24(32)17-10-8-16(9-11-17)20-14-26-22(25)21(28-20)23(31)27-18-6-4-3-5-7-18/h3-11,14,19H,12-13,15H2,1-2H3,(H2,25,26)(H,27,31)/t19-/m1/s1. The van der Waals surface area contributed by atoms with Gasteiger partial charge in [0.25, 0.3) is 11.8 Å². The van der Waals surface area contributed by atoms with Gasteiger partial charge in [-0.1, -0.05) is 30.3 Å². The number of carbonyl (C=O) groups excluding carboxylic acids is 2. The van der Waals surface area contributed by atoms with E-state index in [-0.39, 0.29) is 17.4 Å². The van der Waals surface area contributed by atoms with Gasteiger partial charge in [-0.25, -0.2) is 9.97 Å². The van der Waals surface area contributed by atoms with E-state index in [0.717, 1.165) is 25.1 Å². The maximum atomic E-state index is 12.8. The number of rotatable bonds is 5. The van der Waals surface area contributed by atoms with Crippen LogP contribution in [-0.2, 0) is 0 Å². The van der Waals surface area contributed by atoms with Crippen LogP contribution in [0, 0.1) is 0 Å². The lowest BCUT2D eigenvalue weighted by Gasteiger charge is -2.20. The van der Waals surface area contributed by atoms with Crippen molar-refractivity contribution < 1.29 is 9.59 Å². The molecule has 0 radical (unpaired) electrons. The third-order valence-corrected chi connectivity index (χ3v) is 5.66. The molecule has 8 heteroatoms.